The number of rotatable bonds is 12. The Kier molecular flexibility index (Phi) is 10.8. The van der Waals surface area contributed by atoms with Gasteiger partial charge in [0, 0.05) is 37.3 Å². The van der Waals surface area contributed by atoms with E-state index >= 15 is 0 Å². The minimum atomic E-state index is -3.48. The van der Waals surface area contributed by atoms with Crippen molar-refractivity contribution >= 4 is 7.75 Å². The van der Waals surface area contributed by atoms with Crippen LogP contribution in [-0.2, 0) is 13.6 Å². The lowest BCUT2D eigenvalue weighted by Gasteiger charge is -2.31. The first-order valence-electron chi connectivity index (χ1n) is 8.67. The lowest BCUT2D eigenvalue weighted by Crippen LogP contribution is -2.40. The lowest BCUT2D eigenvalue weighted by atomic mass is 10.2. The topological polar surface area (TPSA) is 68.0 Å². The summed E-state index contributed by atoms with van der Waals surface area (Å²) in [6.07, 6.45) is 0. The molecule has 0 bridgehead atoms. The molecular weight excluding hydrogens is 313 g/mol. The second kappa shape index (κ2) is 10.8. The second-order valence-electron chi connectivity index (χ2n) is 7.06. The molecule has 0 amide bonds. The van der Waals surface area contributed by atoms with Crippen molar-refractivity contribution in [2.75, 3.05) is 26.3 Å². The van der Waals surface area contributed by atoms with Gasteiger partial charge in [0.15, 0.2) is 0 Å². The van der Waals surface area contributed by atoms with Gasteiger partial charge in [-0.1, -0.05) is 0 Å². The second-order valence-corrected chi connectivity index (χ2v) is 8.65. The summed E-state index contributed by atoms with van der Waals surface area (Å²) in [4.78, 5) is 4.53. The quantitative estimate of drug-likeness (QED) is 0.544. The Morgan fingerprint density at radius 2 is 1.00 bits per heavy atom. The minimum Gasteiger partial charge on any atom is -0.296 e. The van der Waals surface area contributed by atoms with Crippen molar-refractivity contribution in [1.29, 1.82) is 0 Å². The monoisotopic (exact) mass is 351 g/mol. The summed E-state index contributed by atoms with van der Waals surface area (Å²) in [6, 6.07) is 1.62. The molecule has 0 radical (unpaired) electrons. The Balaban J connectivity index is 4.22. The zero-order chi connectivity index (χ0) is 18.2. The van der Waals surface area contributed by atoms with E-state index in [-0.39, 0.29) is 0 Å². The fourth-order valence-electron chi connectivity index (χ4n) is 2.81. The van der Waals surface area contributed by atoms with Crippen LogP contribution in [0.15, 0.2) is 0 Å². The van der Waals surface area contributed by atoms with Crippen molar-refractivity contribution in [3.8, 4) is 0 Å². The Hall–Kier alpha value is 0.0300. The van der Waals surface area contributed by atoms with Gasteiger partial charge in [-0.15, -0.1) is 0 Å². The number of hydrogen-bond donors (Lipinski definition) is 1. The number of nitrogens with zero attached hydrogens (tertiary/aromatic N) is 2. The zero-order valence-electron chi connectivity index (χ0n) is 16.3. The molecule has 140 valence electrons. The smallest absolute Gasteiger partial charge is 0.296 e. The molecule has 0 saturated carbocycles. The van der Waals surface area contributed by atoms with Gasteiger partial charge in [0.25, 0.3) is 0 Å². The van der Waals surface area contributed by atoms with Crippen LogP contribution < -0.4 is 5.50 Å². The molecule has 23 heavy (non-hydrogen) atoms. The number of nitrogens with two attached hydrogens (primary N) is 1. The van der Waals surface area contributed by atoms with Gasteiger partial charge in [0.05, 0.1) is 13.2 Å². The van der Waals surface area contributed by atoms with Gasteiger partial charge in [-0.3, -0.25) is 18.8 Å². The summed E-state index contributed by atoms with van der Waals surface area (Å²) in [7, 11) is -3.48. The highest BCUT2D eigenvalue weighted by molar-refractivity contribution is 7.51. The first-order valence-corrected chi connectivity index (χ1v) is 10.3. The van der Waals surface area contributed by atoms with Crippen LogP contribution in [0.2, 0.25) is 0 Å². The predicted molar refractivity (Wildman–Crippen MR) is 97.7 cm³/mol. The molecule has 0 aromatic carbocycles. The average molecular weight is 351 g/mol. The van der Waals surface area contributed by atoms with Crippen molar-refractivity contribution in [2.45, 2.75) is 79.6 Å². The fraction of sp³-hybridized carbons (Fsp3) is 1.00. The van der Waals surface area contributed by atoms with Crippen molar-refractivity contribution in [3.05, 3.63) is 0 Å². The Bertz CT molecular complexity index is 316. The molecule has 7 heteroatoms. The van der Waals surface area contributed by atoms with E-state index in [4.69, 9.17) is 14.6 Å². The normalized spacial score (nSPS) is 13.5. The molecule has 0 aliphatic carbocycles. The Labute approximate surface area is 143 Å². The molecular formula is C16H38N3O3P. The van der Waals surface area contributed by atoms with Crippen LogP contribution in [0, 0.1) is 0 Å². The lowest BCUT2D eigenvalue weighted by molar-refractivity contribution is 0.111. The van der Waals surface area contributed by atoms with E-state index < -0.39 is 7.75 Å². The summed E-state index contributed by atoms with van der Waals surface area (Å²) < 4.78 is 22.8. The summed E-state index contributed by atoms with van der Waals surface area (Å²) in [6.45, 7) is 19.0. The van der Waals surface area contributed by atoms with E-state index in [2.05, 4.69) is 65.2 Å². The van der Waals surface area contributed by atoms with E-state index in [0.29, 0.717) is 50.5 Å². The Morgan fingerprint density at radius 3 is 1.22 bits per heavy atom. The van der Waals surface area contributed by atoms with Crippen molar-refractivity contribution in [3.63, 3.8) is 0 Å². The molecule has 0 aromatic heterocycles. The third-order valence-corrected chi connectivity index (χ3v) is 4.98. The number of hydrogen-bond acceptors (Lipinski definition) is 5. The van der Waals surface area contributed by atoms with Crippen LogP contribution in [0.1, 0.15) is 55.4 Å². The molecule has 0 spiro atoms. The Morgan fingerprint density at radius 1 is 0.739 bits per heavy atom. The average Bonchev–Trinajstić information content (AvgIpc) is 2.37. The van der Waals surface area contributed by atoms with E-state index in [1.807, 2.05) is 0 Å². The minimum absolute atomic E-state index is 0.308. The van der Waals surface area contributed by atoms with Gasteiger partial charge in [0.1, 0.15) is 0 Å². The highest BCUT2D eigenvalue weighted by atomic mass is 31.2. The van der Waals surface area contributed by atoms with E-state index in [0.717, 1.165) is 0 Å². The molecule has 0 aliphatic heterocycles. The molecule has 2 N–H and O–H groups in total. The maximum atomic E-state index is 12.2. The first kappa shape index (κ1) is 23.0. The molecule has 0 aliphatic rings. The largest absolute Gasteiger partial charge is 0.402 e. The van der Waals surface area contributed by atoms with Crippen molar-refractivity contribution in [1.82, 2.24) is 9.80 Å². The first-order chi connectivity index (χ1) is 10.5. The molecule has 0 unspecified atom stereocenters. The van der Waals surface area contributed by atoms with Crippen molar-refractivity contribution < 1.29 is 13.6 Å². The summed E-state index contributed by atoms with van der Waals surface area (Å²) >= 11 is 0. The zero-order valence-corrected chi connectivity index (χ0v) is 17.2. The fourth-order valence-corrected chi connectivity index (χ4v) is 3.56. The van der Waals surface area contributed by atoms with Gasteiger partial charge in [-0.2, -0.15) is 0 Å². The SMILES string of the molecule is CC(C)N(CCOP(N)(=O)OCCN(C(C)C)C(C)C)C(C)C. The molecule has 6 nitrogen and oxygen atoms in total. The molecule has 0 rings (SSSR count). The molecule has 0 saturated heterocycles. The van der Waals surface area contributed by atoms with Gasteiger partial charge >= 0.3 is 7.75 Å². The third-order valence-electron chi connectivity index (χ3n) is 3.89. The standard InChI is InChI=1S/C16H38N3O3P/c1-13(2)18(14(3)4)9-11-21-23(17,20)22-12-10-19(15(5)6)16(7)8/h13-16H,9-12H2,1-8H3,(H2,17,20). The third kappa shape index (κ3) is 9.80. The van der Waals surface area contributed by atoms with E-state index in [1.54, 1.807) is 0 Å². The van der Waals surface area contributed by atoms with E-state index in [9.17, 15) is 4.57 Å². The van der Waals surface area contributed by atoms with Crippen LogP contribution in [0.25, 0.3) is 0 Å². The van der Waals surface area contributed by atoms with E-state index in [1.165, 1.54) is 0 Å². The van der Waals surface area contributed by atoms with Gasteiger partial charge in [-0.25, -0.2) is 10.1 Å². The van der Waals surface area contributed by atoms with Crippen LogP contribution >= 0.6 is 7.75 Å². The maximum absolute atomic E-state index is 12.2. The van der Waals surface area contributed by atoms with Crippen LogP contribution in [-0.4, -0.2) is 60.3 Å². The summed E-state index contributed by atoms with van der Waals surface area (Å²) in [5.41, 5.74) is 5.67. The van der Waals surface area contributed by atoms with Crippen molar-refractivity contribution in [2.24, 2.45) is 5.50 Å². The van der Waals surface area contributed by atoms with Crippen LogP contribution in [0.3, 0.4) is 0 Å². The summed E-state index contributed by atoms with van der Waals surface area (Å²) in [5, 5.41) is 0. The van der Waals surface area contributed by atoms with Crippen LogP contribution in [0.4, 0.5) is 0 Å². The molecule has 0 atom stereocenters. The highest BCUT2D eigenvalue weighted by Gasteiger charge is 2.21. The van der Waals surface area contributed by atoms with Gasteiger partial charge in [0.2, 0.25) is 0 Å². The molecule has 0 fully saturated rings. The highest BCUT2D eigenvalue weighted by Crippen LogP contribution is 2.38. The van der Waals surface area contributed by atoms with Gasteiger partial charge < -0.3 is 0 Å². The summed E-state index contributed by atoms with van der Waals surface area (Å²) in [5.74, 6) is 0. The van der Waals surface area contributed by atoms with Gasteiger partial charge in [-0.05, 0) is 55.4 Å². The predicted octanol–water partition coefficient (Wildman–Crippen LogP) is 3.32. The maximum Gasteiger partial charge on any atom is 0.402 e. The van der Waals surface area contributed by atoms with Crippen LogP contribution in [0.5, 0.6) is 0 Å². The molecule has 0 aromatic rings. The molecule has 0 heterocycles.